The summed E-state index contributed by atoms with van der Waals surface area (Å²) in [4.78, 5) is 12.4. The van der Waals surface area contributed by atoms with Crippen LogP contribution in [-0.2, 0) is 11.0 Å². The van der Waals surface area contributed by atoms with Crippen molar-refractivity contribution >= 4 is 18.8 Å². The van der Waals surface area contributed by atoms with Gasteiger partial charge >= 0.3 is 12.1 Å². The number of hydrogen-bond donors (Lipinski definition) is 1. The fourth-order valence-electron chi connectivity index (χ4n) is 4.65. The average molecular weight is 610 g/mol. The van der Waals surface area contributed by atoms with Crippen molar-refractivity contribution in [3.05, 3.63) is 117 Å². The number of rotatable bonds is 13. The van der Waals surface area contributed by atoms with Gasteiger partial charge in [-0.15, -0.1) is 0 Å². The summed E-state index contributed by atoms with van der Waals surface area (Å²) in [6.07, 6.45) is 5.51. The van der Waals surface area contributed by atoms with Crippen LogP contribution in [0, 0.1) is 0 Å². The van der Waals surface area contributed by atoms with Crippen molar-refractivity contribution in [3.63, 3.8) is 0 Å². The summed E-state index contributed by atoms with van der Waals surface area (Å²) in [7, 11) is 1.65. The number of ether oxygens (including phenoxy) is 1. The Kier molecular flexibility index (Phi) is 13.1. The van der Waals surface area contributed by atoms with Crippen LogP contribution in [0.25, 0.3) is 5.57 Å². The second-order valence-corrected chi connectivity index (χ2v) is 10.9. The smallest absolute Gasteiger partial charge is 0.416 e. The van der Waals surface area contributed by atoms with Gasteiger partial charge < -0.3 is 9.84 Å². The van der Waals surface area contributed by atoms with E-state index in [0.29, 0.717) is 40.6 Å². The highest BCUT2D eigenvalue weighted by atomic mass is 19.4. The van der Waals surface area contributed by atoms with Crippen LogP contribution in [0.5, 0.6) is 5.75 Å². The molecule has 235 valence electrons. The molecule has 1 radical (unpaired) electrons. The number of carbonyl (C=O) groups is 1. The zero-order valence-electron chi connectivity index (χ0n) is 26.7. The van der Waals surface area contributed by atoms with Gasteiger partial charge in [-0.05, 0) is 86.8 Å². The maximum Gasteiger partial charge on any atom is 0.416 e. The van der Waals surface area contributed by atoms with Crippen LogP contribution in [0.4, 0.5) is 17.6 Å². The lowest BCUT2D eigenvalue weighted by atomic mass is 9.54. The lowest BCUT2D eigenvalue weighted by Gasteiger charge is -2.29. The first-order valence-corrected chi connectivity index (χ1v) is 14.8. The van der Waals surface area contributed by atoms with Crippen LogP contribution >= 0.6 is 0 Å². The molecular weight excluding hydrogens is 567 g/mol. The van der Waals surface area contributed by atoms with E-state index in [-0.39, 0.29) is 28.2 Å². The van der Waals surface area contributed by atoms with E-state index in [0.717, 1.165) is 30.5 Å². The number of carboxylic acid groups (broad SMARTS) is 1. The monoisotopic (exact) mass is 609 g/mol. The third-order valence-corrected chi connectivity index (χ3v) is 7.66. The minimum Gasteiger partial charge on any atom is -0.478 e. The van der Waals surface area contributed by atoms with Crippen molar-refractivity contribution < 1.29 is 32.2 Å². The standard InChI is InChI=1S/C36H42BF4O3/c1-10-14-15-28(38)18-26(13-4)33-24(8)23(7)29-19-27(36(39,40)41)20-30(34(29)44-33)25(9)37-31(17-16-21(5)11-2)32(35(42)43)22(6)12-3/h13,15-20,25H,4,7,10-12,14H2,1-3,5-6,8-9H3,(H,42,43)/b21-16+,26-18+,28-15+,31-17+,32-22+. The van der Waals surface area contributed by atoms with Crippen LogP contribution in [0.15, 0.2) is 101 Å². The zero-order valence-corrected chi connectivity index (χ0v) is 26.7. The molecule has 0 aromatic heterocycles. The van der Waals surface area contributed by atoms with Gasteiger partial charge in [-0.1, -0.05) is 82.1 Å². The number of hydrogen-bond acceptors (Lipinski definition) is 2. The van der Waals surface area contributed by atoms with Crippen molar-refractivity contribution in [2.75, 3.05) is 0 Å². The van der Waals surface area contributed by atoms with E-state index in [1.807, 2.05) is 33.8 Å². The Bertz CT molecular complexity index is 1480. The highest BCUT2D eigenvalue weighted by Crippen LogP contribution is 2.47. The molecule has 1 unspecified atom stereocenters. The summed E-state index contributed by atoms with van der Waals surface area (Å²) in [5.41, 5.74) is 2.63. The molecule has 1 heterocycles. The first-order chi connectivity index (χ1) is 20.6. The van der Waals surface area contributed by atoms with Gasteiger partial charge in [-0.3, -0.25) is 0 Å². The summed E-state index contributed by atoms with van der Waals surface area (Å²) in [6.45, 7) is 20.6. The first kappa shape index (κ1) is 36.4. The van der Waals surface area contributed by atoms with E-state index < -0.39 is 29.4 Å². The van der Waals surface area contributed by atoms with Gasteiger partial charge in [-0.25, -0.2) is 9.18 Å². The quantitative estimate of drug-likeness (QED) is 0.105. The van der Waals surface area contributed by atoms with E-state index in [4.69, 9.17) is 4.74 Å². The van der Waals surface area contributed by atoms with Crippen LogP contribution < -0.4 is 4.74 Å². The lowest BCUT2D eigenvalue weighted by Crippen LogP contribution is -2.19. The van der Waals surface area contributed by atoms with Crippen molar-refractivity contribution in [1.29, 1.82) is 0 Å². The largest absolute Gasteiger partial charge is 0.478 e. The first-order valence-electron chi connectivity index (χ1n) is 14.8. The molecule has 0 fully saturated rings. The van der Waals surface area contributed by atoms with E-state index in [9.17, 15) is 27.5 Å². The second kappa shape index (κ2) is 15.8. The summed E-state index contributed by atoms with van der Waals surface area (Å²) in [6, 6.07) is 2.02. The van der Waals surface area contributed by atoms with Crippen LogP contribution in [0.3, 0.4) is 0 Å². The molecular formula is C36H42BF4O3. The second-order valence-electron chi connectivity index (χ2n) is 10.9. The topological polar surface area (TPSA) is 46.5 Å². The molecule has 1 atom stereocenters. The summed E-state index contributed by atoms with van der Waals surface area (Å²) in [5.74, 6) is -1.96. The Labute approximate surface area is 260 Å². The third kappa shape index (κ3) is 8.87. The average Bonchev–Trinajstić information content (AvgIpc) is 2.97. The number of allylic oxidation sites excluding steroid dienone is 10. The van der Waals surface area contributed by atoms with Crippen molar-refractivity contribution in [1.82, 2.24) is 0 Å². The summed E-state index contributed by atoms with van der Waals surface area (Å²) < 4.78 is 63.5. The number of halogens is 4. The Morgan fingerprint density at radius 3 is 2.32 bits per heavy atom. The van der Waals surface area contributed by atoms with Crippen LogP contribution in [0.1, 0.15) is 96.7 Å². The van der Waals surface area contributed by atoms with Crippen molar-refractivity contribution in [3.8, 4) is 5.75 Å². The summed E-state index contributed by atoms with van der Waals surface area (Å²) >= 11 is 0. The van der Waals surface area contributed by atoms with E-state index in [1.54, 1.807) is 34.1 Å². The number of aliphatic carboxylic acids is 1. The predicted molar refractivity (Wildman–Crippen MR) is 173 cm³/mol. The molecule has 1 aliphatic rings. The molecule has 1 aliphatic heterocycles. The Balaban J connectivity index is 2.83. The van der Waals surface area contributed by atoms with Crippen LogP contribution in [-0.4, -0.2) is 18.4 Å². The molecule has 8 heteroatoms. The van der Waals surface area contributed by atoms with Gasteiger partial charge in [0.05, 0.1) is 11.1 Å². The van der Waals surface area contributed by atoms with Gasteiger partial charge in [0.2, 0.25) is 0 Å². The minimum atomic E-state index is -4.66. The van der Waals surface area contributed by atoms with Gasteiger partial charge in [0, 0.05) is 11.1 Å². The Morgan fingerprint density at radius 1 is 1.14 bits per heavy atom. The Morgan fingerprint density at radius 2 is 1.80 bits per heavy atom. The molecule has 0 spiro atoms. The molecule has 0 bridgehead atoms. The van der Waals surface area contributed by atoms with E-state index in [2.05, 4.69) is 13.2 Å². The summed E-state index contributed by atoms with van der Waals surface area (Å²) in [5, 5.41) is 10.1. The van der Waals surface area contributed by atoms with Crippen LogP contribution in [0.2, 0.25) is 0 Å². The predicted octanol–water partition coefficient (Wildman–Crippen LogP) is 11.0. The molecule has 1 aromatic carbocycles. The maximum atomic E-state index is 14.7. The highest BCUT2D eigenvalue weighted by Gasteiger charge is 2.36. The molecule has 0 amide bonds. The zero-order chi connectivity index (χ0) is 33.4. The van der Waals surface area contributed by atoms with Crippen molar-refractivity contribution in [2.45, 2.75) is 86.1 Å². The Hall–Kier alpha value is -3.81. The van der Waals surface area contributed by atoms with Gasteiger partial charge in [-0.2, -0.15) is 13.2 Å². The van der Waals surface area contributed by atoms with Gasteiger partial charge in [0.1, 0.15) is 17.3 Å². The fraction of sp³-hybridized carbons (Fsp3) is 0.361. The number of fused-ring (bicyclic) bond motifs is 1. The number of carboxylic acids is 1. The number of unbranched alkanes of at least 4 members (excludes halogenated alkanes) is 1. The third-order valence-electron chi connectivity index (χ3n) is 7.66. The minimum absolute atomic E-state index is 0.0910. The molecule has 1 N–H and O–H groups in total. The van der Waals surface area contributed by atoms with E-state index in [1.165, 1.54) is 18.2 Å². The van der Waals surface area contributed by atoms with Gasteiger partial charge in [0.25, 0.3) is 0 Å². The molecule has 44 heavy (non-hydrogen) atoms. The van der Waals surface area contributed by atoms with Crippen molar-refractivity contribution in [2.24, 2.45) is 0 Å². The number of benzene rings is 1. The lowest BCUT2D eigenvalue weighted by molar-refractivity contribution is -0.137. The fourth-order valence-corrected chi connectivity index (χ4v) is 4.65. The molecule has 3 nitrogen and oxygen atoms in total. The SMILES string of the molecule is C=C/C(=C\C(F)=C/CCC)C1=C(C)C(=C)c2cc(C(F)(F)F)cc(C(C)[B]C(=C/C=C(\C)CC)/C(C(=O)O)=C(/C)CC)c2O1. The number of alkyl halides is 3. The van der Waals surface area contributed by atoms with E-state index >= 15 is 0 Å². The maximum absolute atomic E-state index is 14.7. The molecule has 0 saturated carbocycles. The molecule has 2 rings (SSSR count). The molecule has 0 saturated heterocycles. The normalized spacial score (nSPS) is 16.3. The highest BCUT2D eigenvalue weighted by molar-refractivity contribution is 6.50. The molecule has 0 aliphatic carbocycles. The van der Waals surface area contributed by atoms with Gasteiger partial charge in [0.15, 0.2) is 7.28 Å². The molecule has 1 aromatic rings.